The smallest absolute Gasteiger partial charge is 0.288 e. The molecule has 0 fully saturated rings. The van der Waals surface area contributed by atoms with E-state index in [1.54, 1.807) is 32.4 Å². The fraction of sp³-hybridized carbons (Fsp3) is 0.100. The minimum absolute atomic E-state index is 0.0343. The second-order valence-electron chi connectivity index (χ2n) is 5.90. The van der Waals surface area contributed by atoms with E-state index in [2.05, 4.69) is 10.3 Å². The lowest BCUT2D eigenvalue weighted by Gasteiger charge is -2.08. The molecule has 0 saturated heterocycles. The number of rotatable bonds is 7. The third-order valence-corrected chi connectivity index (χ3v) is 5.09. The van der Waals surface area contributed by atoms with Crippen LogP contribution < -0.4 is 14.8 Å². The molecule has 0 bridgehead atoms. The number of aromatic nitrogens is 1. The molecule has 0 saturated carbocycles. The van der Waals surface area contributed by atoms with Crippen molar-refractivity contribution in [2.75, 3.05) is 19.5 Å². The predicted molar refractivity (Wildman–Crippen MR) is 116 cm³/mol. The normalized spacial score (nSPS) is 10.8. The van der Waals surface area contributed by atoms with Gasteiger partial charge in [-0.25, -0.2) is 4.98 Å². The lowest BCUT2D eigenvalue weighted by atomic mass is 10.1. The van der Waals surface area contributed by atoms with Crippen molar-refractivity contribution in [3.63, 3.8) is 0 Å². The van der Waals surface area contributed by atoms with Gasteiger partial charge in [-0.2, -0.15) is 0 Å². The van der Waals surface area contributed by atoms with Gasteiger partial charge in [-0.05, 0) is 35.9 Å². The van der Waals surface area contributed by atoms with Crippen molar-refractivity contribution < 1.29 is 19.2 Å². The first-order chi connectivity index (χ1) is 14.4. The van der Waals surface area contributed by atoms with Gasteiger partial charge >= 0.3 is 0 Å². The summed E-state index contributed by atoms with van der Waals surface area (Å²) in [5, 5.41) is 15.9. The van der Waals surface area contributed by atoms with E-state index in [1.807, 2.05) is 11.4 Å². The Kier molecular flexibility index (Phi) is 6.65. The van der Waals surface area contributed by atoms with E-state index < -0.39 is 10.8 Å². The van der Waals surface area contributed by atoms with Crippen LogP contribution in [0, 0.1) is 10.1 Å². The summed E-state index contributed by atoms with van der Waals surface area (Å²) in [6.45, 7) is 0. The number of nitrogens with zero attached hydrogens (tertiary/aromatic N) is 2. The molecule has 1 heterocycles. The van der Waals surface area contributed by atoms with Crippen LogP contribution in [0.15, 0.2) is 47.9 Å². The number of anilines is 1. The van der Waals surface area contributed by atoms with Crippen molar-refractivity contribution in [1.29, 1.82) is 0 Å². The van der Waals surface area contributed by atoms with Gasteiger partial charge in [0.25, 0.3) is 5.69 Å². The van der Waals surface area contributed by atoms with E-state index in [1.165, 1.54) is 35.6 Å². The Hall–Kier alpha value is -3.43. The predicted octanol–water partition coefficient (Wildman–Crippen LogP) is 5.04. The standard InChI is InChI=1S/C20H16ClN3O5S/c1-28-17-7-5-13(10-18(17)29-2)15-11-30-20(22-15)23-19(25)8-4-12-3-6-14(21)16(9-12)24(26)27/h3-11H,1-2H3,(H,22,23,25)/b8-4+. The monoisotopic (exact) mass is 445 g/mol. The van der Waals surface area contributed by atoms with E-state index in [9.17, 15) is 14.9 Å². The summed E-state index contributed by atoms with van der Waals surface area (Å²) in [4.78, 5) is 26.9. The zero-order valence-electron chi connectivity index (χ0n) is 15.9. The zero-order valence-corrected chi connectivity index (χ0v) is 17.5. The molecule has 0 spiro atoms. The first-order valence-corrected chi connectivity index (χ1v) is 9.78. The van der Waals surface area contributed by atoms with Crippen LogP contribution in [0.2, 0.25) is 5.02 Å². The third-order valence-electron chi connectivity index (χ3n) is 4.01. The number of methoxy groups -OCH3 is 2. The number of nitro groups is 1. The summed E-state index contributed by atoms with van der Waals surface area (Å²) < 4.78 is 10.5. The lowest BCUT2D eigenvalue weighted by Crippen LogP contribution is -2.07. The Bertz CT molecular complexity index is 1130. The molecule has 8 nitrogen and oxygen atoms in total. The quantitative estimate of drug-likeness (QED) is 0.310. The molecule has 0 radical (unpaired) electrons. The molecule has 0 aliphatic carbocycles. The number of halogens is 1. The Balaban J connectivity index is 1.70. The van der Waals surface area contributed by atoms with Crippen LogP contribution in [0.3, 0.4) is 0 Å². The summed E-state index contributed by atoms with van der Waals surface area (Å²) in [5.41, 5.74) is 1.74. The summed E-state index contributed by atoms with van der Waals surface area (Å²) in [5.74, 6) is 0.770. The molecular weight excluding hydrogens is 430 g/mol. The van der Waals surface area contributed by atoms with Crippen molar-refractivity contribution >= 4 is 45.7 Å². The van der Waals surface area contributed by atoms with Gasteiger partial charge in [-0.3, -0.25) is 20.2 Å². The molecule has 1 amide bonds. The van der Waals surface area contributed by atoms with E-state index in [-0.39, 0.29) is 10.7 Å². The van der Waals surface area contributed by atoms with Crippen molar-refractivity contribution in [2.24, 2.45) is 0 Å². The lowest BCUT2D eigenvalue weighted by molar-refractivity contribution is -0.384. The molecular formula is C20H16ClN3O5S. The molecule has 154 valence electrons. The molecule has 3 rings (SSSR count). The van der Waals surface area contributed by atoms with Crippen molar-refractivity contribution in [2.45, 2.75) is 0 Å². The Morgan fingerprint density at radius 1 is 1.20 bits per heavy atom. The first kappa shape index (κ1) is 21.3. The summed E-state index contributed by atoms with van der Waals surface area (Å²) in [7, 11) is 3.11. The zero-order chi connectivity index (χ0) is 21.7. The molecule has 10 heteroatoms. The van der Waals surface area contributed by atoms with Crippen molar-refractivity contribution in [3.8, 4) is 22.8 Å². The van der Waals surface area contributed by atoms with Gasteiger partial charge in [0.1, 0.15) is 5.02 Å². The number of carbonyl (C=O) groups is 1. The van der Waals surface area contributed by atoms with Gasteiger partial charge in [0, 0.05) is 23.1 Å². The number of ether oxygens (including phenoxy) is 2. The summed E-state index contributed by atoms with van der Waals surface area (Å²) in [6.07, 6.45) is 2.73. The van der Waals surface area contributed by atoms with Gasteiger partial charge in [-0.1, -0.05) is 17.7 Å². The molecule has 30 heavy (non-hydrogen) atoms. The summed E-state index contributed by atoms with van der Waals surface area (Å²) in [6, 6.07) is 9.71. The first-order valence-electron chi connectivity index (χ1n) is 8.52. The topological polar surface area (TPSA) is 104 Å². The Morgan fingerprint density at radius 3 is 2.67 bits per heavy atom. The molecule has 2 aromatic carbocycles. The van der Waals surface area contributed by atoms with Crippen LogP contribution in [0.5, 0.6) is 11.5 Å². The fourth-order valence-electron chi connectivity index (χ4n) is 2.55. The van der Waals surface area contributed by atoms with Crippen LogP contribution in [0.4, 0.5) is 10.8 Å². The molecule has 1 N–H and O–H groups in total. The fourth-order valence-corrected chi connectivity index (χ4v) is 3.46. The van der Waals surface area contributed by atoms with Crippen molar-refractivity contribution in [1.82, 2.24) is 4.98 Å². The van der Waals surface area contributed by atoms with E-state index >= 15 is 0 Å². The molecule has 0 aliphatic heterocycles. The van der Waals surface area contributed by atoms with Crippen LogP contribution in [-0.2, 0) is 4.79 Å². The second-order valence-corrected chi connectivity index (χ2v) is 7.16. The summed E-state index contributed by atoms with van der Waals surface area (Å²) >= 11 is 7.05. The highest BCUT2D eigenvalue weighted by Gasteiger charge is 2.12. The maximum absolute atomic E-state index is 12.2. The van der Waals surface area contributed by atoms with Gasteiger partial charge in [0.15, 0.2) is 16.6 Å². The number of hydrogen-bond donors (Lipinski definition) is 1. The highest BCUT2D eigenvalue weighted by molar-refractivity contribution is 7.14. The number of carbonyl (C=O) groups excluding carboxylic acids is 1. The van der Waals surface area contributed by atoms with Crippen molar-refractivity contribution in [3.05, 3.63) is 68.6 Å². The maximum Gasteiger partial charge on any atom is 0.288 e. The molecule has 3 aromatic rings. The molecule has 1 aromatic heterocycles. The van der Waals surface area contributed by atoms with Gasteiger partial charge in [0.05, 0.1) is 24.8 Å². The highest BCUT2D eigenvalue weighted by Crippen LogP contribution is 2.33. The number of hydrogen-bond acceptors (Lipinski definition) is 7. The second kappa shape index (κ2) is 9.38. The molecule has 0 atom stereocenters. The van der Waals surface area contributed by atoms with E-state index in [0.717, 1.165) is 5.56 Å². The number of thiazole rings is 1. The van der Waals surface area contributed by atoms with Crippen LogP contribution in [0.1, 0.15) is 5.56 Å². The Morgan fingerprint density at radius 2 is 1.97 bits per heavy atom. The van der Waals surface area contributed by atoms with Gasteiger partial charge < -0.3 is 9.47 Å². The highest BCUT2D eigenvalue weighted by atomic mass is 35.5. The van der Waals surface area contributed by atoms with Crippen LogP contribution in [-0.4, -0.2) is 30.0 Å². The Labute approximate surface area is 180 Å². The van der Waals surface area contributed by atoms with E-state index in [0.29, 0.717) is 27.9 Å². The van der Waals surface area contributed by atoms with E-state index in [4.69, 9.17) is 21.1 Å². The number of nitrogens with one attached hydrogen (secondary N) is 1. The van der Waals surface area contributed by atoms with Crippen LogP contribution >= 0.6 is 22.9 Å². The molecule has 0 unspecified atom stereocenters. The largest absolute Gasteiger partial charge is 0.493 e. The number of benzene rings is 2. The maximum atomic E-state index is 12.2. The van der Waals surface area contributed by atoms with Gasteiger partial charge in [0.2, 0.25) is 5.91 Å². The third kappa shape index (κ3) is 4.94. The SMILES string of the molecule is COc1ccc(-c2csc(NC(=O)/C=C/c3ccc(Cl)c([N+](=O)[O-])c3)n2)cc1OC. The number of amides is 1. The van der Waals surface area contributed by atoms with Gasteiger partial charge in [-0.15, -0.1) is 11.3 Å². The average Bonchev–Trinajstić information content (AvgIpc) is 3.20. The minimum atomic E-state index is -0.578. The van der Waals surface area contributed by atoms with Crippen LogP contribution in [0.25, 0.3) is 17.3 Å². The number of nitro benzene ring substituents is 1. The minimum Gasteiger partial charge on any atom is -0.493 e. The average molecular weight is 446 g/mol. The molecule has 0 aliphatic rings.